The van der Waals surface area contributed by atoms with Crippen LogP contribution in [0.1, 0.15) is 29.8 Å². The number of hydrogen-bond donors (Lipinski definition) is 2. The summed E-state index contributed by atoms with van der Waals surface area (Å²) in [5.74, 6) is 0.135. The van der Waals surface area contributed by atoms with E-state index in [-0.39, 0.29) is 5.69 Å². The Labute approximate surface area is 124 Å². The van der Waals surface area contributed by atoms with Crippen LogP contribution in [0.2, 0.25) is 0 Å². The first kappa shape index (κ1) is 14.1. The van der Waals surface area contributed by atoms with Crippen molar-refractivity contribution in [2.24, 2.45) is 0 Å². The van der Waals surface area contributed by atoms with Crippen molar-refractivity contribution in [1.82, 2.24) is 14.9 Å². The Morgan fingerprint density at radius 1 is 1.29 bits per heavy atom. The number of aromatic carboxylic acids is 1. The van der Waals surface area contributed by atoms with Crippen LogP contribution in [0.4, 0.5) is 11.8 Å². The van der Waals surface area contributed by atoms with Crippen molar-refractivity contribution in [2.75, 3.05) is 43.4 Å². The number of anilines is 2. The average molecular weight is 291 g/mol. The van der Waals surface area contributed by atoms with Crippen LogP contribution in [-0.2, 0) is 0 Å². The number of nitrogens with zero attached hydrogens (tertiary/aromatic N) is 4. The highest BCUT2D eigenvalue weighted by atomic mass is 16.4. The molecule has 3 rings (SSSR count). The number of likely N-dealkylation sites (N-methyl/N-ethyl adjacent to an activating group) is 1. The number of nitrogens with one attached hydrogen (secondary N) is 1. The quantitative estimate of drug-likeness (QED) is 0.852. The third-order valence-electron chi connectivity index (χ3n) is 4.18. The third-order valence-corrected chi connectivity index (χ3v) is 4.18. The van der Waals surface area contributed by atoms with Crippen molar-refractivity contribution in [2.45, 2.75) is 25.3 Å². The summed E-state index contributed by atoms with van der Waals surface area (Å²) in [5.41, 5.74) is 0.0563. The van der Waals surface area contributed by atoms with E-state index in [1.165, 1.54) is 12.5 Å². The normalized spacial score (nSPS) is 20.1. The number of aromatic nitrogens is 2. The summed E-state index contributed by atoms with van der Waals surface area (Å²) in [7, 11) is 2.08. The molecule has 2 N–H and O–H groups in total. The highest BCUT2D eigenvalue weighted by Crippen LogP contribution is 2.24. The van der Waals surface area contributed by atoms with E-state index < -0.39 is 5.97 Å². The van der Waals surface area contributed by atoms with Gasteiger partial charge in [0.15, 0.2) is 5.69 Å². The van der Waals surface area contributed by atoms with Crippen molar-refractivity contribution >= 4 is 17.7 Å². The second-order valence-electron chi connectivity index (χ2n) is 5.81. The maximum atomic E-state index is 11.3. The lowest BCUT2D eigenvalue weighted by molar-refractivity contribution is 0.0690. The number of carboxylic acid groups (broad SMARTS) is 1. The molecule has 1 aliphatic carbocycles. The van der Waals surface area contributed by atoms with E-state index >= 15 is 0 Å². The fourth-order valence-electron chi connectivity index (χ4n) is 2.53. The van der Waals surface area contributed by atoms with Gasteiger partial charge in [-0.3, -0.25) is 0 Å². The van der Waals surface area contributed by atoms with Gasteiger partial charge in [0, 0.05) is 38.3 Å². The van der Waals surface area contributed by atoms with Gasteiger partial charge in [0.05, 0.1) is 0 Å². The van der Waals surface area contributed by atoms with E-state index in [1.807, 2.05) is 0 Å². The molecule has 7 nitrogen and oxygen atoms in total. The zero-order valence-corrected chi connectivity index (χ0v) is 12.2. The van der Waals surface area contributed by atoms with Crippen LogP contribution in [0.25, 0.3) is 0 Å². The van der Waals surface area contributed by atoms with Gasteiger partial charge >= 0.3 is 5.97 Å². The van der Waals surface area contributed by atoms with Gasteiger partial charge < -0.3 is 20.2 Å². The molecular weight excluding hydrogens is 270 g/mol. The van der Waals surface area contributed by atoms with E-state index in [0.717, 1.165) is 39.0 Å². The summed E-state index contributed by atoms with van der Waals surface area (Å²) in [4.78, 5) is 24.3. The van der Waals surface area contributed by atoms with Crippen LogP contribution >= 0.6 is 0 Å². The number of hydrogen-bond acceptors (Lipinski definition) is 6. The molecule has 7 heteroatoms. The largest absolute Gasteiger partial charge is 0.477 e. The number of rotatable bonds is 4. The van der Waals surface area contributed by atoms with Crippen molar-refractivity contribution in [3.63, 3.8) is 0 Å². The Morgan fingerprint density at radius 3 is 2.57 bits per heavy atom. The minimum atomic E-state index is -1.01. The fourth-order valence-corrected chi connectivity index (χ4v) is 2.53. The molecule has 1 aliphatic heterocycles. The molecule has 1 saturated carbocycles. The molecule has 2 heterocycles. The van der Waals surface area contributed by atoms with Gasteiger partial charge in [0.25, 0.3) is 0 Å². The summed E-state index contributed by atoms with van der Waals surface area (Å²) in [6.45, 7) is 3.52. The van der Waals surface area contributed by atoms with Crippen LogP contribution in [0, 0.1) is 0 Å². The van der Waals surface area contributed by atoms with Gasteiger partial charge in [-0.25, -0.2) is 9.78 Å². The van der Waals surface area contributed by atoms with Crippen LogP contribution in [-0.4, -0.2) is 65.2 Å². The van der Waals surface area contributed by atoms with Crippen LogP contribution < -0.4 is 10.2 Å². The van der Waals surface area contributed by atoms with E-state index in [1.54, 1.807) is 0 Å². The molecule has 21 heavy (non-hydrogen) atoms. The maximum absolute atomic E-state index is 11.3. The van der Waals surface area contributed by atoms with E-state index in [9.17, 15) is 9.90 Å². The zero-order chi connectivity index (χ0) is 14.8. The summed E-state index contributed by atoms with van der Waals surface area (Å²) in [5, 5.41) is 12.5. The molecule has 0 unspecified atom stereocenters. The molecular formula is C14H21N5O2. The molecule has 114 valence electrons. The molecule has 0 spiro atoms. The fraction of sp³-hybridized carbons (Fsp3) is 0.643. The lowest BCUT2D eigenvalue weighted by Gasteiger charge is -2.33. The van der Waals surface area contributed by atoms with Crippen molar-refractivity contribution in [1.29, 1.82) is 0 Å². The average Bonchev–Trinajstić information content (AvgIpc) is 2.43. The van der Waals surface area contributed by atoms with Crippen molar-refractivity contribution in [3.05, 3.63) is 11.8 Å². The summed E-state index contributed by atoms with van der Waals surface area (Å²) < 4.78 is 0. The van der Waals surface area contributed by atoms with E-state index in [0.29, 0.717) is 17.8 Å². The Bertz CT molecular complexity index is 524. The topological polar surface area (TPSA) is 81.6 Å². The highest BCUT2D eigenvalue weighted by Gasteiger charge is 2.22. The Kier molecular flexibility index (Phi) is 3.92. The van der Waals surface area contributed by atoms with Crippen LogP contribution in [0.15, 0.2) is 6.07 Å². The first-order valence-electron chi connectivity index (χ1n) is 7.44. The maximum Gasteiger partial charge on any atom is 0.354 e. The van der Waals surface area contributed by atoms with Gasteiger partial charge in [-0.2, -0.15) is 4.98 Å². The first-order chi connectivity index (χ1) is 10.1. The van der Waals surface area contributed by atoms with Gasteiger partial charge in [-0.15, -0.1) is 0 Å². The van der Waals surface area contributed by atoms with E-state index in [2.05, 4.69) is 32.1 Å². The number of carboxylic acids is 1. The Morgan fingerprint density at radius 2 is 2.00 bits per heavy atom. The highest BCUT2D eigenvalue weighted by molar-refractivity contribution is 5.86. The lowest BCUT2D eigenvalue weighted by atomic mass is 9.93. The molecule has 0 bridgehead atoms. The second-order valence-corrected chi connectivity index (χ2v) is 5.81. The molecule has 2 fully saturated rings. The molecule has 0 radical (unpaired) electrons. The SMILES string of the molecule is CN1CCN(c2nc(NC3CCC3)cc(C(=O)O)n2)CC1. The first-order valence-corrected chi connectivity index (χ1v) is 7.44. The van der Waals surface area contributed by atoms with Gasteiger partial charge in [-0.1, -0.05) is 0 Å². The minimum Gasteiger partial charge on any atom is -0.477 e. The Hall–Kier alpha value is -1.89. The summed E-state index contributed by atoms with van der Waals surface area (Å²) in [6, 6.07) is 1.95. The van der Waals surface area contributed by atoms with Crippen LogP contribution in [0.3, 0.4) is 0 Å². The molecule has 1 saturated heterocycles. The summed E-state index contributed by atoms with van der Waals surface area (Å²) in [6.07, 6.45) is 3.46. The standard InChI is InChI=1S/C14H21N5O2/c1-18-5-7-19(8-6-18)14-16-11(13(20)21)9-12(17-14)15-10-3-2-4-10/h9-10H,2-8H2,1H3,(H,20,21)(H,15,16,17). The molecule has 1 aromatic rings. The van der Waals surface area contributed by atoms with Gasteiger partial charge in [-0.05, 0) is 26.3 Å². The molecule has 0 atom stereocenters. The van der Waals surface area contributed by atoms with Crippen molar-refractivity contribution < 1.29 is 9.90 Å². The molecule has 0 amide bonds. The number of carbonyl (C=O) groups is 1. The zero-order valence-electron chi connectivity index (χ0n) is 12.2. The molecule has 1 aromatic heterocycles. The second kappa shape index (κ2) is 5.85. The Balaban J connectivity index is 1.82. The predicted molar refractivity (Wildman–Crippen MR) is 80.0 cm³/mol. The smallest absolute Gasteiger partial charge is 0.354 e. The van der Waals surface area contributed by atoms with Crippen molar-refractivity contribution in [3.8, 4) is 0 Å². The van der Waals surface area contributed by atoms with Crippen LogP contribution in [0.5, 0.6) is 0 Å². The lowest BCUT2D eigenvalue weighted by Crippen LogP contribution is -2.45. The van der Waals surface area contributed by atoms with E-state index in [4.69, 9.17) is 0 Å². The summed E-state index contributed by atoms with van der Waals surface area (Å²) >= 11 is 0. The monoisotopic (exact) mass is 291 g/mol. The third kappa shape index (κ3) is 3.24. The van der Waals surface area contributed by atoms with Gasteiger partial charge in [0.1, 0.15) is 5.82 Å². The number of piperazine rings is 1. The van der Waals surface area contributed by atoms with Gasteiger partial charge in [0.2, 0.25) is 5.95 Å². The predicted octanol–water partition coefficient (Wildman–Crippen LogP) is 0.891. The minimum absolute atomic E-state index is 0.0563. The molecule has 2 aliphatic rings. The molecule has 0 aromatic carbocycles.